The molecule has 4 aromatic rings. The number of benzene rings is 2. The van der Waals surface area contributed by atoms with E-state index in [9.17, 15) is 5.26 Å². The van der Waals surface area contributed by atoms with Crippen LogP contribution >= 0.6 is 0 Å². The standard InChI is InChI=1S/C21H17N2O/c1-13-9-10-23(3)17(11-13)19-14(2)7-8-16-20-15(12-22)5-4-6-18(20)24-21(16)19/h4-11H,1-3H3/q+1/i1D3,9D. The quantitative estimate of drug-likeness (QED) is 0.483. The molecule has 0 aliphatic carbocycles. The van der Waals surface area contributed by atoms with Crippen LogP contribution in [0, 0.1) is 25.1 Å². The molecule has 3 nitrogen and oxygen atoms in total. The fourth-order valence-corrected chi connectivity index (χ4v) is 3.16. The lowest BCUT2D eigenvalue weighted by molar-refractivity contribution is -0.660. The molecular weight excluding hydrogens is 296 g/mol. The number of nitriles is 1. The van der Waals surface area contributed by atoms with Gasteiger partial charge in [0, 0.05) is 27.0 Å². The van der Waals surface area contributed by atoms with Gasteiger partial charge in [-0.05, 0) is 37.0 Å². The number of hydrogen-bond acceptors (Lipinski definition) is 2. The first-order chi connectivity index (χ1) is 13.2. The lowest BCUT2D eigenvalue weighted by Gasteiger charge is -2.06. The molecule has 0 N–H and O–H groups in total. The third-order valence-electron chi connectivity index (χ3n) is 4.32. The lowest BCUT2D eigenvalue weighted by atomic mass is 9.99. The highest BCUT2D eigenvalue weighted by Crippen LogP contribution is 2.38. The molecule has 4 rings (SSSR count). The summed E-state index contributed by atoms with van der Waals surface area (Å²) in [5, 5.41) is 11.0. The zero-order valence-corrected chi connectivity index (χ0v) is 13.3. The van der Waals surface area contributed by atoms with Crippen LogP contribution in [0.25, 0.3) is 33.2 Å². The molecule has 0 spiro atoms. The van der Waals surface area contributed by atoms with Crippen molar-refractivity contribution in [2.45, 2.75) is 13.8 Å². The van der Waals surface area contributed by atoms with Gasteiger partial charge in [-0.25, -0.2) is 4.57 Å². The van der Waals surface area contributed by atoms with Crippen LogP contribution in [-0.2, 0) is 7.05 Å². The minimum Gasteiger partial charge on any atom is -0.455 e. The van der Waals surface area contributed by atoms with Crippen LogP contribution in [0.4, 0.5) is 0 Å². The van der Waals surface area contributed by atoms with E-state index in [0.717, 1.165) is 21.9 Å². The first-order valence-corrected chi connectivity index (χ1v) is 7.58. The monoisotopic (exact) mass is 317 g/mol. The van der Waals surface area contributed by atoms with E-state index < -0.39 is 6.85 Å². The average molecular weight is 317 g/mol. The highest BCUT2D eigenvalue weighted by Gasteiger charge is 2.21. The highest BCUT2D eigenvalue weighted by atomic mass is 16.3. The smallest absolute Gasteiger partial charge is 0.216 e. The number of nitrogens with zero attached hydrogens (tertiary/aromatic N) is 2. The lowest BCUT2D eigenvalue weighted by Crippen LogP contribution is -2.30. The van der Waals surface area contributed by atoms with Crippen LogP contribution in [0.2, 0.25) is 0 Å². The molecule has 0 aliphatic rings. The maximum atomic E-state index is 9.48. The maximum Gasteiger partial charge on any atom is 0.216 e. The summed E-state index contributed by atoms with van der Waals surface area (Å²) in [6.07, 6.45) is 1.50. The first kappa shape index (κ1) is 10.6. The molecule has 24 heavy (non-hydrogen) atoms. The van der Waals surface area contributed by atoms with E-state index in [2.05, 4.69) is 6.07 Å². The molecule has 3 heteroatoms. The highest BCUT2D eigenvalue weighted by molar-refractivity contribution is 6.11. The van der Waals surface area contributed by atoms with Gasteiger partial charge in [-0.1, -0.05) is 18.2 Å². The Morgan fingerprint density at radius 3 is 2.96 bits per heavy atom. The predicted octanol–water partition coefficient (Wildman–Crippen LogP) is 4.57. The zero-order valence-electron chi connectivity index (χ0n) is 17.3. The Balaban J connectivity index is 2.14. The van der Waals surface area contributed by atoms with Gasteiger partial charge in [0.25, 0.3) is 0 Å². The van der Waals surface area contributed by atoms with Crippen molar-refractivity contribution in [3.05, 3.63) is 65.3 Å². The average Bonchev–Trinajstić information content (AvgIpc) is 3.00. The van der Waals surface area contributed by atoms with Gasteiger partial charge in [0.2, 0.25) is 5.69 Å². The number of hydrogen-bond donors (Lipinski definition) is 0. The number of fused-ring (bicyclic) bond motifs is 3. The van der Waals surface area contributed by atoms with E-state index in [4.69, 9.17) is 9.90 Å². The molecule has 0 fully saturated rings. The summed E-state index contributed by atoms with van der Waals surface area (Å²) in [5.41, 5.74) is 4.04. The minimum atomic E-state index is -2.39. The van der Waals surface area contributed by atoms with Crippen LogP contribution in [0.3, 0.4) is 0 Å². The van der Waals surface area contributed by atoms with Crippen molar-refractivity contribution in [2.24, 2.45) is 7.05 Å². The van der Waals surface area contributed by atoms with Gasteiger partial charge >= 0.3 is 0 Å². The predicted molar refractivity (Wildman–Crippen MR) is 94.5 cm³/mol. The maximum absolute atomic E-state index is 9.48. The second kappa shape index (κ2) is 5.21. The SMILES string of the molecule is [2H]c1c[n+](C)c(-c2c(C)ccc3c2oc2cccc(C#N)c23)cc1C([2H])([2H])[2H]. The normalized spacial score (nSPS) is 14.0. The van der Waals surface area contributed by atoms with Crippen molar-refractivity contribution in [3.63, 3.8) is 0 Å². The van der Waals surface area contributed by atoms with Gasteiger partial charge in [0.05, 0.1) is 18.6 Å². The first-order valence-electron chi connectivity index (χ1n) is 9.58. The van der Waals surface area contributed by atoms with Gasteiger partial charge < -0.3 is 4.42 Å². The molecule has 0 aliphatic heterocycles. The second-order valence-electron chi connectivity index (χ2n) is 5.85. The molecule has 0 amide bonds. The summed E-state index contributed by atoms with van der Waals surface area (Å²) in [6.45, 7) is -0.458. The van der Waals surface area contributed by atoms with Crippen molar-refractivity contribution >= 4 is 21.9 Å². The van der Waals surface area contributed by atoms with E-state index >= 15 is 0 Å². The zero-order chi connectivity index (χ0) is 20.2. The fourth-order valence-electron chi connectivity index (χ4n) is 3.16. The van der Waals surface area contributed by atoms with Crippen LogP contribution in [0.5, 0.6) is 0 Å². The molecule has 2 aromatic carbocycles. The Morgan fingerprint density at radius 1 is 1.29 bits per heavy atom. The molecule has 0 radical (unpaired) electrons. The summed E-state index contributed by atoms with van der Waals surface area (Å²) >= 11 is 0. The van der Waals surface area contributed by atoms with Crippen molar-refractivity contribution in [1.29, 1.82) is 5.26 Å². The van der Waals surface area contributed by atoms with Crippen molar-refractivity contribution < 1.29 is 14.5 Å². The largest absolute Gasteiger partial charge is 0.455 e. The second-order valence-corrected chi connectivity index (χ2v) is 5.85. The van der Waals surface area contributed by atoms with E-state index in [0.29, 0.717) is 22.4 Å². The number of aromatic nitrogens is 1. The molecule has 0 saturated heterocycles. The van der Waals surface area contributed by atoms with Gasteiger partial charge in [-0.15, -0.1) is 0 Å². The van der Waals surface area contributed by atoms with Gasteiger partial charge in [0.1, 0.15) is 18.2 Å². The summed E-state index contributed by atoms with van der Waals surface area (Å²) < 4.78 is 39.1. The molecule has 116 valence electrons. The molecular formula is C21H17N2O+. The van der Waals surface area contributed by atoms with Crippen LogP contribution in [0.15, 0.2) is 53.1 Å². The molecule has 0 unspecified atom stereocenters. The Kier molecular flexibility index (Phi) is 2.30. The van der Waals surface area contributed by atoms with E-state index in [1.54, 1.807) is 23.7 Å². The Bertz CT molecular complexity index is 1300. The van der Waals surface area contributed by atoms with Gasteiger partial charge in [-0.3, -0.25) is 0 Å². The fraction of sp³-hybridized carbons (Fsp3) is 0.143. The van der Waals surface area contributed by atoms with E-state index in [-0.39, 0.29) is 11.6 Å². The third-order valence-corrected chi connectivity index (χ3v) is 4.32. The summed E-state index contributed by atoms with van der Waals surface area (Å²) in [4.78, 5) is 0. The minimum absolute atomic E-state index is 0.00849. The summed E-state index contributed by atoms with van der Waals surface area (Å²) in [7, 11) is 1.78. The van der Waals surface area contributed by atoms with Crippen LogP contribution < -0.4 is 4.57 Å². The van der Waals surface area contributed by atoms with E-state index in [1.165, 1.54) is 12.3 Å². The van der Waals surface area contributed by atoms with Crippen LogP contribution in [0.1, 0.15) is 22.2 Å². The summed E-state index contributed by atoms with van der Waals surface area (Å²) in [6, 6.07) is 12.9. The molecule has 0 atom stereocenters. The molecule has 0 bridgehead atoms. The third kappa shape index (κ3) is 2.00. The topological polar surface area (TPSA) is 40.8 Å². The van der Waals surface area contributed by atoms with Crippen molar-refractivity contribution in [2.75, 3.05) is 0 Å². The Labute approximate surface area is 146 Å². The molecule has 2 aromatic heterocycles. The number of pyridine rings is 1. The van der Waals surface area contributed by atoms with Gasteiger partial charge in [0.15, 0.2) is 6.20 Å². The number of aryl methyl sites for hydroxylation is 3. The van der Waals surface area contributed by atoms with E-state index in [1.807, 2.05) is 25.1 Å². The Hall–Kier alpha value is -3.12. The number of rotatable bonds is 1. The molecule has 2 heterocycles. The van der Waals surface area contributed by atoms with Crippen molar-refractivity contribution in [1.82, 2.24) is 0 Å². The van der Waals surface area contributed by atoms with Crippen LogP contribution in [-0.4, -0.2) is 0 Å². The Morgan fingerprint density at radius 2 is 2.17 bits per heavy atom. The van der Waals surface area contributed by atoms with Gasteiger partial charge in [-0.2, -0.15) is 5.26 Å². The van der Waals surface area contributed by atoms with Crippen molar-refractivity contribution in [3.8, 4) is 17.3 Å². The molecule has 0 saturated carbocycles. The number of furan rings is 1. The summed E-state index contributed by atoms with van der Waals surface area (Å²) in [5.74, 6) is 0.